The molecule has 1 aliphatic heterocycles. The van der Waals surface area contributed by atoms with Gasteiger partial charge in [0, 0.05) is 59.9 Å². The predicted octanol–water partition coefficient (Wildman–Crippen LogP) is 4.47. The number of benzene rings is 1. The SMILES string of the molecule is CC(C)C[C@@H](N)c1cccnc1N1CCN(C(=O)C(C)Cc2ccc(Cl)cc2Cl)CC1.CS(=O)(=O)O. The Balaban J connectivity index is 0.000000830. The second-order valence-corrected chi connectivity index (χ2v) is 11.8. The first-order chi connectivity index (χ1) is 16.8. The van der Waals surface area contributed by atoms with E-state index in [1.165, 1.54) is 0 Å². The summed E-state index contributed by atoms with van der Waals surface area (Å²) in [7, 11) is -3.67. The summed E-state index contributed by atoms with van der Waals surface area (Å²) < 4.78 is 25.9. The summed E-state index contributed by atoms with van der Waals surface area (Å²) in [6.07, 6.45) is 4.05. The van der Waals surface area contributed by atoms with E-state index in [0.29, 0.717) is 41.7 Å². The van der Waals surface area contributed by atoms with Gasteiger partial charge in [-0.15, -0.1) is 0 Å². The monoisotopic (exact) mass is 558 g/mol. The van der Waals surface area contributed by atoms with Crippen LogP contribution in [0.3, 0.4) is 0 Å². The lowest BCUT2D eigenvalue weighted by Gasteiger charge is -2.37. The molecule has 11 heteroatoms. The third-order valence-corrected chi connectivity index (χ3v) is 6.38. The molecule has 0 radical (unpaired) electrons. The summed E-state index contributed by atoms with van der Waals surface area (Å²) in [6.45, 7) is 9.16. The van der Waals surface area contributed by atoms with Crippen molar-refractivity contribution in [1.29, 1.82) is 0 Å². The Morgan fingerprint density at radius 1 is 1.14 bits per heavy atom. The van der Waals surface area contributed by atoms with E-state index < -0.39 is 10.1 Å². The van der Waals surface area contributed by atoms with E-state index in [2.05, 4.69) is 29.8 Å². The lowest BCUT2D eigenvalue weighted by atomic mass is 9.97. The van der Waals surface area contributed by atoms with Crippen LogP contribution in [-0.2, 0) is 21.3 Å². The first-order valence-corrected chi connectivity index (χ1v) is 14.5. The summed E-state index contributed by atoms with van der Waals surface area (Å²) in [6, 6.07) is 9.42. The summed E-state index contributed by atoms with van der Waals surface area (Å²) in [5.74, 6) is 1.48. The molecule has 36 heavy (non-hydrogen) atoms. The van der Waals surface area contributed by atoms with Crippen LogP contribution in [-0.4, -0.2) is 61.2 Å². The van der Waals surface area contributed by atoms with Crippen molar-refractivity contribution in [3.63, 3.8) is 0 Å². The molecular weight excluding hydrogens is 523 g/mol. The number of carbonyl (C=O) groups excluding carboxylic acids is 1. The minimum Gasteiger partial charge on any atom is -0.353 e. The van der Waals surface area contributed by atoms with Crippen molar-refractivity contribution in [3.05, 3.63) is 57.7 Å². The predicted molar refractivity (Wildman–Crippen MR) is 146 cm³/mol. The zero-order valence-corrected chi connectivity index (χ0v) is 23.5. The van der Waals surface area contributed by atoms with Crippen molar-refractivity contribution in [2.45, 2.75) is 39.7 Å². The second-order valence-electron chi connectivity index (χ2n) is 9.54. The molecule has 0 aliphatic carbocycles. The Morgan fingerprint density at radius 2 is 1.75 bits per heavy atom. The highest BCUT2D eigenvalue weighted by Gasteiger charge is 2.27. The van der Waals surface area contributed by atoms with Gasteiger partial charge >= 0.3 is 0 Å². The highest BCUT2D eigenvalue weighted by Crippen LogP contribution is 2.28. The van der Waals surface area contributed by atoms with Crippen molar-refractivity contribution >= 4 is 45.0 Å². The maximum absolute atomic E-state index is 13.0. The second kappa shape index (κ2) is 13.6. The number of amides is 1. The molecule has 200 valence electrons. The van der Waals surface area contributed by atoms with E-state index in [4.69, 9.17) is 33.5 Å². The third-order valence-electron chi connectivity index (χ3n) is 5.80. The zero-order valence-electron chi connectivity index (χ0n) is 21.2. The lowest BCUT2D eigenvalue weighted by Crippen LogP contribution is -2.50. The van der Waals surface area contributed by atoms with Crippen LogP contribution in [0.4, 0.5) is 5.82 Å². The normalized spacial score (nSPS) is 15.8. The van der Waals surface area contributed by atoms with Crippen LogP contribution in [0.15, 0.2) is 36.5 Å². The molecule has 2 aromatic rings. The van der Waals surface area contributed by atoms with Gasteiger partial charge in [-0.25, -0.2) is 4.98 Å². The van der Waals surface area contributed by atoms with Crippen LogP contribution in [0.5, 0.6) is 0 Å². The summed E-state index contributed by atoms with van der Waals surface area (Å²) >= 11 is 12.3. The van der Waals surface area contributed by atoms with Crippen molar-refractivity contribution in [3.8, 4) is 0 Å². The molecule has 0 bridgehead atoms. The molecular formula is C25H36Cl2N4O4S. The van der Waals surface area contributed by atoms with Gasteiger partial charge in [-0.3, -0.25) is 9.35 Å². The molecule has 0 spiro atoms. The van der Waals surface area contributed by atoms with Crippen LogP contribution in [0.25, 0.3) is 0 Å². The average molecular weight is 560 g/mol. The smallest absolute Gasteiger partial charge is 0.261 e. The Morgan fingerprint density at radius 3 is 2.31 bits per heavy atom. The van der Waals surface area contributed by atoms with Crippen LogP contribution >= 0.6 is 23.2 Å². The standard InChI is InChI=1S/C24H32Cl2N4O.CH4O3S/c1-16(2)13-22(27)20-5-4-8-28-23(20)29-9-11-30(12-10-29)24(31)17(3)14-18-6-7-19(25)15-21(18)26;1-5(2,3)4/h4-8,15-17,22H,9-14,27H2,1-3H3;1H3,(H,2,3,4)/t17?,22-;/m1./s1. The van der Waals surface area contributed by atoms with Gasteiger partial charge in [-0.2, -0.15) is 8.42 Å². The van der Waals surface area contributed by atoms with Gasteiger partial charge in [0.25, 0.3) is 10.1 Å². The quantitative estimate of drug-likeness (QED) is 0.481. The van der Waals surface area contributed by atoms with E-state index in [0.717, 1.165) is 36.5 Å². The Hall–Kier alpha value is -1.91. The fourth-order valence-electron chi connectivity index (χ4n) is 4.15. The number of aromatic nitrogens is 1. The molecule has 3 rings (SSSR count). The molecule has 1 aliphatic rings. The van der Waals surface area contributed by atoms with Gasteiger partial charge in [0.15, 0.2) is 0 Å². The van der Waals surface area contributed by atoms with Gasteiger partial charge in [0.2, 0.25) is 5.91 Å². The number of hydrogen-bond donors (Lipinski definition) is 2. The molecule has 1 aromatic carbocycles. The van der Waals surface area contributed by atoms with Gasteiger partial charge in [0.1, 0.15) is 5.82 Å². The maximum Gasteiger partial charge on any atom is 0.261 e. The van der Waals surface area contributed by atoms with E-state index in [1.807, 2.05) is 36.2 Å². The maximum atomic E-state index is 13.0. The number of anilines is 1. The van der Waals surface area contributed by atoms with Crippen molar-refractivity contribution in [2.75, 3.05) is 37.3 Å². The molecule has 3 N–H and O–H groups in total. The van der Waals surface area contributed by atoms with Crippen LogP contribution in [0.1, 0.15) is 44.4 Å². The van der Waals surface area contributed by atoms with Gasteiger partial charge in [0.05, 0.1) is 6.26 Å². The van der Waals surface area contributed by atoms with Crippen LogP contribution in [0, 0.1) is 11.8 Å². The average Bonchev–Trinajstić information content (AvgIpc) is 2.79. The summed E-state index contributed by atoms with van der Waals surface area (Å²) in [5, 5.41) is 1.21. The number of hydrogen-bond acceptors (Lipinski definition) is 6. The van der Waals surface area contributed by atoms with Gasteiger partial charge in [-0.1, -0.05) is 56.1 Å². The summed E-state index contributed by atoms with van der Waals surface area (Å²) in [4.78, 5) is 21.8. The highest BCUT2D eigenvalue weighted by atomic mass is 35.5. The van der Waals surface area contributed by atoms with Crippen molar-refractivity contribution in [1.82, 2.24) is 9.88 Å². The fourth-order valence-corrected chi connectivity index (χ4v) is 4.64. The number of nitrogens with zero attached hydrogens (tertiary/aromatic N) is 3. The number of carbonyl (C=O) groups is 1. The minimum atomic E-state index is -3.67. The van der Waals surface area contributed by atoms with Crippen LogP contribution < -0.4 is 10.6 Å². The number of rotatable bonds is 7. The molecule has 1 saturated heterocycles. The Bertz CT molecular complexity index is 1110. The number of piperazine rings is 1. The van der Waals surface area contributed by atoms with Gasteiger partial charge < -0.3 is 15.5 Å². The third kappa shape index (κ3) is 9.86. The van der Waals surface area contributed by atoms with Crippen molar-refractivity contribution < 1.29 is 17.8 Å². The number of halogens is 2. The topological polar surface area (TPSA) is 117 Å². The van der Waals surface area contributed by atoms with E-state index in [9.17, 15) is 13.2 Å². The largest absolute Gasteiger partial charge is 0.353 e. The van der Waals surface area contributed by atoms with E-state index in [-0.39, 0.29) is 17.9 Å². The zero-order chi connectivity index (χ0) is 27.0. The molecule has 1 amide bonds. The number of nitrogens with two attached hydrogens (primary N) is 1. The molecule has 0 saturated carbocycles. The van der Waals surface area contributed by atoms with Crippen LogP contribution in [0.2, 0.25) is 10.0 Å². The van der Waals surface area contributed by atoms with E-state index >= 15 is 0 Å². The first-order valence-electron chi connectivity index (χ1n) is 11.9. The first kappa shape index (κ1) is 30.3. The fraction of sp³-hybridized carbons (Fsp3) is 0.520. The molecule has 2 atom stereocenters. The van der Waals surface area contributed by atoms with E-state index in [1.54, 1.807) is 6.07 Å². The Labute approximate surface area is 224 Å². The Kier molecular flexibility index (Phi) is 11.4. The van der Waals surface area contributed by atoms with Crippen molar-refractivity contribution in [2.24, 2.45) is 17.6 Å². The summed E-state index contributed by atoms with van der Waals surface area (Å²) in [5.41, 5.74) is 8.50. The molecule has 1 fully saturated rings. The molecule has 2 heterocycles. The molecule has 8 nitrogen and oxygen atoms in total. The van der Waals surface area contributed by atoms with Gasteiger partial charge in [-0.05, 0) is 42.5 Å². The molecule has 1 aromatic heterocycles. The minimum absolute atomic E-state index is 0.0347. The number of pyridine rings is 1. The molecule has 1 unspecified atom stereocenters. The lowest BCUT2D eigenvalue weighted by molar-refractivity contribution is -0.135. The highest BCUT2D eigenvalue weighted by molar-refractivity contribution is 7.85.